The summed E-state index contributed by atoms with van der Waals surface area (Å²) in [5.74, 6) is -0.822. The number of carboxylic acid groups (broad SMARTS) is 1. The lowest BCUT2D eigenvalue weighted by molar-refractivity contribution is -0.139. The van der Waals surface area contributed by atoms with E-state index in [4.69, 9.17) is 5.11 Å². The molecule has 0 aliphatic rings. The molecule has 1 aromatic rings. The van der Waals surface area contributed by atoms with Crippen LogP contribution in [0.3, 0.4) is 0 Å². The Morgan fingerprint density at radius 2 is 2.22 bits per heavy atom. The van der Waals surface area contributed by atoms with Gasteiger partial charge in [0.1, 0.15) is 6.04 Å². The normalized spacial score (nSPS) is 12.2. The minimum absolute atomic E-state index is 0.199. The molecule has 0 spiro atoms. The summed E-state index contributed by atoms with van der Waals surface area (Å²) >= 11 is 1.44. The van der Waals surface area contributed by atoms with Crippen molar-refractivity contribution in [1.82, 2.24) is 15.6 Å². The fourth-order valence-electron chi connectivity index (χ4n) is 1.40. The lowest BCUT2D eigenvalue weighted by Crippen LogP contribution is -2.46. The fraction of sp³-hybridized carbons (Fsp3) is 0.545. The average Bonchev–Trinajstić information content (AvgIpc) is 2.77. The summed E-state index contributed by atoms with van der Waals surface area (Å²) in [5.41, 5.74) is 2.43. The van der Waals surface area contributed by atoms with E-state index in [0.717, 1.165) is 5.69 Å². The van der Waals surface area contributed by atoms with Gasteiger partial charge in [-0.1, -0.05) is 13.8 Å². The second kappa shape index (κ2) is 6.95. The maximum Gasteiger partial charge on any atom is 0.326 e. The van der Waals surface area contributed by atoms with Gasteiger partial charge in [-0.3, -0.25) is 0 Å². The van der Waals surface area contributed by atoms with Crippen molar-refractivity contribution in [3.05, 3.63) is 16.6 Å². The van der Waals surface area contributed by atoms with E-state index in [1.54, 1.807) is 5.51 Å². The van der Waals surface area contributed by atoms with Crippen molar-refractivity contribution in [2.24, 2.45) is 5.92 Å². The molecule has 0 unspecified atom stereocenters. The number of rotatable bonds is 6. The third kappa shape index (κ3) is 5.13. The van der Waals surface area contributed by atoms with Crippen LogP contribution in [0, 0.1) is 5.92 Å². The average molecular weight is 271 g/mol. The molecule has 100 valence electrons. The Bertz CT molecular complexity index is 392. The number of thiazole rings is 1. The molecule has 1 atom stereocenters. The van der Waals surface area contributed by atoms with Crippen LogP contribution in [0.15, 0.2) is 10.9 Å². The Morgan fingerprint density at radius 1 is 1.50 bits per heavy atom. The third-order valence-electron chi connectivity index (χ3n) is 2.22. The highest BCUT2D eigenvalue weighted by atomic mass is 32.1. The van der Waals surface area contributed by atoms with E-state index in [2.05, 4.69) is 15.6 Å². The Balaban J connectivity index is 2.39. The molecule has 0 saturated carbocycles. The molecule has 18 heavy (non-hydrogen) atoms. The molecule has 0 saturated heterocycles. The van der Waals surface area contributed by atoms with E-state index in [0.29, 0.717) is 13.0 Å². The van der Waals surface area contributed by atoms with Crippen LogP contribution in [0.25, 0.3) is 0 Å². The van der Waals surface area contributed by atoms with E-state index in [-0.39, 0.29) is 5.92 Å². The number of carbonyl (C=O) groups excluding carboxylic acids is 1. The molecular weight excluding hydrogens is 254 g/mol. The summed E-state index contributed by atoms with van der Waals surface area (Å²) in [5, 5.41) is 15.8. The quantitative estimate of drug-likeness (QED) is 0.730. The standard InChI is InChI=1S/C11H17N3O3S/c1-7(2)3-9(10(15)16)14-11(17)12-4-8-5-18-6-13-8/h5-7,9H,3-4H2,1-2H3,(H,15,16)(H2,12,14,17)/t9-/m0/s1. The van der Waals surface area contributed by atoms with Crippen molar-refractivity contribution >= 4 is 23.3 Å². The number of hydrogen-bond acceptors (Lipinski definition) is 4. The monoisotopic (exact) mass is 271 g/mol. The molecule has 0 fully saturated rings. The predicted octanol–water partition coefficient (Wildman–Crippen LogP) is 1.44. The first-order chi connectivity index (χ1) is 8.49. The van der Waals surface area contributed by atoms with Gasteiger partial charge < -0.3 is 15.7 Å². The van der Waals surface area contributed by atoms with Gasteiger partial charge in [0.25, 0.3) is 0 Å². The third-order valence-corrected chi connectivity index (χ3v) is 2.86. The van der Waals surface area contributed by atoms with Crippen molar-refractivity contribution < 1.29 is 14.7 Å². The summed E-state index contributed by atoms with van der Waals surface area (Å²) < 4.78 is 0. The van der Waals surface area contributed by atoms with Gasteiger partial charge in [-0.15, -0.1) is 11.3 Å². The highest BCUT2D eigenvalue weighted by Crippen LogP contribution is 2.05. The van der Waals surface area contributed by atoms with E-state index >= 15 is 0 Å². The molecule has 6 nitrogen and oxygen atoms in total. The number of carbonyl (C=O) groups is 2. The molecule has 0 aliphatic carbocycles. The highest BCUT2D eigenvalue weighted by molar-refractivity contribution is 7.07. The van der Waals surface area contributed by atoms with E-state index < -0.39 is 18.0 Å². The lowest BCUT2D eigenvalue weighted by atomic mass is 10.0. The van der Waals surface area contributed by atoms with Gasteiger partial charge in [-0.2, -0.15) is 0 Å². The van der Waals surface area contributed by atoms with Crippen LogP contribution in [0.1, 0.15) is 26.0 Å². The van der Waals surface area contributed by atoms with E-state index in [1.807, 2.05) is 19.2 Å². The van der Waals surface area contributed by atoms with Gasteiger partial charge in [0, 0.05) is 5.38 Å². The molecular formula is C11H17N3O3S. The zero-order chi connectivity index (χ0) is 13.5. The van der Waals surface area contributed by atoms with Crippen LogP contribution in [0.5, 0.6) is 0 Å². The van der Waals surface area contributed by atoms with Crippen molar-refractivity contribution in [1.29, 1.82) is 0 Å². The first-order valence-electron chi connectivity index (χ1n) is 5.63. The number of urea groups is 1. The van der Waals surface area contributed by atoms with Crippen LogP contribution in [0.2, 0.25) is 0 Å². The molecule has 7 heteroatoms. The van der Waals surface area contributed by atoms with Gasteiger partial charge in [-0.25, -0.2) is 14.6 Å². The van der Waals surface area contributed by atoms with Gasteiger partial charge >= 0.3 is 12.0 Å². The first kappa shape index (κ1) is 14.4. The van der Waals surface area contributed by atoms with Gasteiger partial charge in [0.2, 0.25) is 0 Å². The fourth-order valence-corrected chi connectivity index (χ4v) is 1.96. The Hall–Kier alpha value is -1.63. The summed E-state index contributed by atoms with van der Waals surface area (Å²) in [4.78, 5) is 26.5. The van der Waals surface area contributed by atoms with Crippen LogP contribution in [0.4, 0.5) is 4.79 Å². The minimum atomic E-state index is -1.02. The lowest BCUT2D eigenvalue weighted by Gasteiger charge is -2.16. The Labute approximate surface area is 109 Å². The number of carboxylic acids is 1. The molecule has 0 aromatic carbocycles. The van der Waals surface area contributed by atoms with Gasteiger partial charge in [0.15, 0.2) is 0 Å². The van der Waals surface area contributed by atoms with E-state index in [1.165, 1.54) is 11.3 Å². The largest absolute Gasteiger partial charge is 0.480 e. The summed E-state index contributed by atoms with van der Waals surface area (Å²) in [7, 11) is 0. The highest BCUT2D eigenvalue weighted by Gasteiger charge is 2.20. The summed E-state index contributed by atoms with van der Waals surface area (Å²) in [6.45, 7) is 4.11. The first-order valence-corrected chi connectivity index (χ1v) is 6.57. The molecule has 0 bridgehead atoms. The van der Waals surface area contributed by atoms with Crippen LogP contribution in [-0.2, 0) is 11.3 Å². The van der Waals surface area contributed by atoms with Crippen molar-refractivity contribution in [3.63, 3.8) is 0 Å². The minimum Gasteiger partial charge on any atom is -0.480 e. The number of amides is 2. The van der Waals surface area contributed by atoms with Crippen LogP contribution >= 0.6 is 11.3 Å². The van der Waals surface area contributed by atoms with Crippen LogP contribution in [-0.4, -0.2) is 28.1 Å². The van der Waals surface area contributed by atoms with Crippen molar-refractivity contribution in [3.8, 4) is 0 Å². The molecule has 0 radical (unpaired) electrons. The number of hydrogen-bond donors (Lipinski definition) is 3. The van der Waals surface area contributed by atoms with E-state index in [9.17, 15) is 9.59 Å². The second-order valence-corrected chi connectivity index (χ2v) is 5.05. The molecule has 3 N–H and O–H groups in total. The predicted molar refractivity (Wildman–Crippen MR) is 68.4 cm³/mol. The van der Waals surface area contributed by atoms with Gasteiger partial charge in [0.05, 0.1) is 17.7 Å². The summed E-state index contributed by atoms with van der Waals surface area (Å²) in [6, 6.07) is -1.35. The maximum atomic E-state index is 11.5. The zero-order valence-electron chi connectivity index (χ0n) is 10.3. The summed E-state index contributed by atoms with van der Waals surface area (Å²) in [6.07, 6.45) is 0.402. The topological polar surface area (TPSA) is 91.3 Å². The molecule has 0 aliphatic heterocycles. The molecule has 1 aromatic heterocycles. The second-order valence-electron chi connectivity index (χ2n) is 4.33. The number of nitrogens with zero attached hydrogens (tertiary/aromatic N) is 1. The smallest absolute Gasteiger partial charge is 0.326 e. The molecule has 1 rings (SSSR count). The zero-order valence-corrected chi connectivity index (χ0v) is 11.2. The van der Waals surface area contributed by atoms with Gasteiger partial charge in [-0.05, 0) is 12.3 Å². The molecule has 1 heterocycles. The number of nitrogens with one attached hydrogen (secondary N) is 2. The van der Waals surface area contributed by atoms with Crippen LogP contribution < -0.4 is 10.6 Å². The number of aromatic nitrogens is 1. The molecule has 2 amide bonds. The number of aliphatic carboxylic acids is 1. The van der Waals surface area contributed by atoms with Crippen molar-refractivity contribution in [2.75, 3.05) is 0 Å². The Morgan fingerprint density at radius 3 is 2.72 bits per heavy atom. The SMILES string of the molecule is CC(C)C[C@H](NC(=O)NCc1cscn1)C(=O)O. The van der Waals surface area contributed by atoms with Crippen molar-refractivity contribution in [2.45, 2.75) is 32.9 Å². The Kier molecular flexibility index (Phi) is 5.57. The maximum absolute atomic E-state index is 11.5.